The Morgan fingerprint density at radius 1 is 1.38 bits per heavy atom. The smallest absolute Gasteiger partial charge is 0.223 e. The molecule has 1 aliphatic heterocycles. The number of hydrogen-bond donors (Lipinski definition) is 1. The molecule has 21 heavy (non-hydrogen) atoms. The Kier molecular flexibility index (Phi) is 6.14. The highest BCUT2D eigenvalue weighted by Gasteiger charge is 2.16. The van der Waals surface area contributed by atoms with Crippen LogP contribution in [-0.4, -0.2) is 55.0 Å². The van der Waals surface area contributed by atoms with Gasteiger partial charge in [-0.2, -0.15) is 0 Å². The largest absolute Gasteiger partial charge is 0.340 e. The Morgan fingerprint density at radius 2 is 2.14 bits per heavy atom. The molecule has 4 nitrogen and oxygen atoms in total. The van der Waals surface area contributed by atoms with E-state index in [1.165, 1.54) is 6.07 Å². The van der Waals surface area contributed by atoms with Gasteiger partial charge in [0.05, 0.1) is 0 Å². The van der Waals surface area contributed by atoms with Crippen molar-refractivity contribution in [3.8, 4) is 0 Å². The Morgan fingerprint density at radius 3 is 2.81 bits per heavy atom. The first-order chi connectivity index (χ1) is 10.2. The van der Waals surface area contributed by atoms with Crippen LogP contribution in [0.15, 0.2) is 24.3 Å². The fraction of sp³-hybridized carbons (Fsp3) is 0.562. The number of hydrogen-bond acceptors (Lipinski definition) is 3. The molecule has 0 aliphatic carbocycles. The van der Waals surface area contributed by atoms with Crippen LogP contribution in [0.1, 0.15) is 18.9 Å². The molecular weight excluding hydrogens is 269 g/mol. The third kappa shape index (κ3) is 5.10. The number of carbonyl (C=O) groups is 1. The molecule has 1 fully saturated rings. The van der Waals surface area contributed by atoms with Crippen LogP contribution in [0.4, 0.5) is 4.39 Å². The van der Waals surface area contributed by atoms with Crippen molar-refractivity contribution in [1.29, 1.82) is 0 Å². The predicted octanol–water partition coefficient (Wildman–Crippen LogP) is 1.47. The van der Waals surface area contributed by atoms with Gasteiger partial charge in [0.2, 0.25) is 5.91 Å². The number of nitrogens with zero attached hydrogens (tertiary/aromatic N) is 2. The van der Waals surface area contributed by atoms with Crippen molar-refractivity contribution in [2.75, 3.05) is 39.3 Å². The van der Waals surface area contributed by atoms with Crippen molar-refractivity contribution in [3.63, 3.8) is 0 Å². The number of nitrogens with one attached hydrogen (secondary N) is 1. The zero-order chi connectivity index (χ0) is 15.1. The van der Waals surface area contributed by atoms with Crippen molar-refractivity contribution in [3.05, 3.63) is 35.6 Å². The summed E-state index contributed by atoms with van der Waals surface area (Å²) in [6.07, 6.45) is 0.531. The number of piperazine rings is 1. The van der Waals surface area contributed by atoms with Gasteiger partial charge in [-0.05, 0) is 24.2 Å². The van der Waals surface area contributed by atoms with E-state index in [1.54, 1.807) is 12.1 Å². The topological polar surface area (TPSA) is 35.6 Å². The molecule has 0 spiro atoms. The molecule has 1 amide bonds. The van der Waals surface area contributed by atoms with Crippen molar-refractivity contribution >= 4 is 5.91 Å². The Hall–Kier alpha value is -1.46. The van der Waals surface area contributed by atoms with Crippen LogP contribution in [0.5, 0.6) is 0 Å². The highest BCUT2D eigenvalue weighted by molar-refractivity contribution is 5.76. The summed E-state index contributed by atoms with van der Waals surface area (Å²) >= 11 is 0. The maximum absolute atomic E-state index is 13.2. The van der Waals surface area contributed by atoms with Crippen LogP contribution >= 0.6 is 0 Å². The van der Waals surface area contributed by atoms with Gasteiger partial charge in [-0.1, -0.05) is 19.1 Å². The van der Waals surface area contributed by atoms with Gasteiger partial charge in [-0.15, -0.1) is 0 Å². The molecule has 0 aromatic heterocycles. The van der Waals surface area contributed by atoms with Crippen LogP contribution in [0.25, 0.3) is 0 Å². The fourth-order valence-electron chi connectivity index (χ4n) is 2.57. The predicted molar refractivity (Wildman–Crippen MR) is 81.4 cm³/mol. The van der Waals surface area contributed by atoms with E-state index in [-0.39, 0.29) is 11.7 Å². The first-order valence-electron chi connectivity index (χ1n) is 7.64. The standard InChI is InChI=1S/C16H24FN3O/c1-2-19(13-14-4-3-5-15(17)12-14)9-6-16(21)20-10-7-18-8-11-20/h3-5,12,18H,2,6-11,13H2,1H3. The van der Waals surface area contributed by atoms with Crippen molar-refractivity contribution in [2.45, 2.75) is 19.9 Å². The zero-order valence-electron chi connectivity index (χ0n) is 12.6. The summed E-state index contributed by atoms with van der Waals surface area (Å²) in [5.74, 6) is 0.00892. The van der Waals surface area contributed by atoms with E-state index >= 15 is 0 Å². The SMILES string of the molecule is CCN(CCC(=O)N1CCNCC1)Cc1cccc(F)c1. The molecule has 0 bridgehead atoms. The number of halogens is 1. The summed E-state index contributed by atoms with van der Waals surface area (Å²) in [5, 5.41) is 3.24. The lowest BCUT2D eigenvalue weighted by molar-refractivity contribution is -0.132. The molecule has 1 aromatic carbocycles. The van der Waals surface area contributed by atoms with Gasteiger partial charge in [0, 0.05) is 45.7 Å². The second-order valence-electron chi connectivity index (χ2n) is 5.38. The first kappa shape index (κ1) is 15.9. The van der Waals surface area contributed by atoms with Gasteiger partial charge in [0.15, 0.2) is 0 Å². The fourth-order valence-corrected chi connectivity index (χ4v) is 2.57. The third-order valence-electron chi connectivity index (χ3n) is 3.85. The number of amides is 1. The minimum atomic E-state index is -0.208. The Bertz CT molecular complexity index is 461. The lowest BCUT2D eigenvalue weighted by atomic mass is 10.2. The second-order valence-corrected chi connectivity index (χ2v) is 5.38. The molecule has 2 rings (SSSR count). The average Bonchev–Trinajstić information content (AvgIpc) is 2.52. The van der Waals surface area contributed by atoms with Gasteiger partial charge >= 0.3 is 0 Å². The molecule has 1 N–H and O–H groups in total. The average molecular weight is 293 g/mol. The summed E-state index contributed by atoms with van der Waals surface area (Å²) in [6, 6.07) is 6.66. The summed E-state index contributed by atoms with van der Waals surface area (Å²) in [5.41, 5.74) is 0.950. The number of rotatable bonds is 6. The van der Waals surface area contributed by atoms with E-state index in [9.17, 15) is 9.18 Å². The van der Waals surface area contributed by atoms with Crippen LogP contribution in [0.2, 0.25) is 0 Å². The molecule has 1 saturated heterocycles. The quantitative estimate of drug-likeness (QED) is 0.863. The van der Waals surface area contributed by atoms with Crippen LogP contribution in [0, 0.1) is 5.82 Å². The molecule has 1 aromatic rings. The highest BCUT2D eigenvalue weighted by atomic mass is 19.1. The van der Waals surface area contributed by atoms with E-state index in [1.807, 2.05) is 11.0 Å². The van der Waals surface area contributed by atoms with Gasteiger partial charge < -0.3 is 10.2 Å². The minimum Gasteiger partial charge on any atom is -0.340 e. The van der Waals surface area contributed by atoms with E-state index in [0.717, 1.165) is 44.8 Å². The van der Waals surface area contributed by atoms with Gasteiger partial charge in [0.25, 0.3) is 0 Å². The molecule has 0 unspecified atom stereocenters. The molecule has 0 saturated carbocycles. The molecule has 0 radical (unpaired) electrons. The summed E-state index contributed by atoms with van der Waals surface area (Å²) in [4.78, 5) is 16.2. The van der Waals surface area contributed by atoms with E-state index in [2.05, 4.69) is 17.1 Å². The van der Waals surface area contributed by atoms with Crippen LogP contribution in [-0.2, 0) is 11.3 Å². The maximum Gasteiger partial charge on any atom is 0.223 e. The van der Waals surface area contributed by atoms with E-state index in [4.69, 9.17) is 0 Å². The molecule has 1 heterocycles. The highest BCUT2D eigenvalue weighted by Crippen LogP contribution is 2.08. The first-order valence-corrected chi connectivity index (χ1v) is 7.64. The van der Waals surface area contributed by atoms with Gasteiger partial charge in [0.1, 0.15) is 5.82 Å². The lowest BCUT2D eigenvalue weighted by Crippen LogP contribution is -2.47. The zero-order valence-corrected chi connectivity index (χ0v) is 12.6. The molecule has 1 aliphatic rings. The number of carbonyl (C=O) groups excluding carboxylic acids is 1. The Balaban J connectivity index is 1.80. The summed E-state index contributed by atoms with van der Waals surface area (Å²) < 4.78 is 13.2. The minimum absolute atomic E-state index is 0.208. The van der Waals surface area contributed by atoms with Crippen molar-refractivity contribution in [1.82, 2.24) is 15.1 Å². The van der Waals surface area contributed by atoms with E-state index < -0.39 is 0 Å². The van der Waals surface area contributed by atoms with E-state index in [0.29, 0.717) is 13.0 Å². The normalized spacial score (nSPS) is 15.5. The molecule has 116 valence electrons. The summed E-state index contributed by atoms with van der Waals surface area (Å²) in [7, 11) is 0. The van der Waals surface area contributed by atoms with Gasteiger partial charge in [-0.3, -0.25) is 9.69 Å². The van der Waals surface area contributed by atoms with Crippen molar-refractivity contribution in [2.24, 2.45) is 0 Å². The molecule has 0 atom stereocenters. The lowest BCUT2D eigenvalue weighted by Gasteiger charge is -2.28. The van der Waals surface area contributed by atoms with Crippen LogP contribution in [0.3, 0.4) is 0 Å². The van der Waals surface area contributed by atoms with Crippen molar-refractivity contribution < 1.29 is 9.18 Å². The summed E-state index contributed by atoms with van der Waals surface area (Å²) in [6.45, 7) is 7.68. The molecular formula is C16H24FN3O. The second kappa shape index (κ2) is 8.10. The third-order valence-corrected chi connectivity index (χ3v) is 3.85. The monoisotopic (exact) mass is 293 g/mol. The van der Waals surface area contributed by atoms with Crippen LogP contribution < -0.4 is 5.32 Å². The van der Waals surface area contributed by atoms with Gasteiger partial charge in [-0.25, -0.2) is 4.39 Å². The maximum atomic E-state index is 13.2. The number of benzene rings is 1. The Labute approximate surface area is 125 Å². The molecule has 5 heteroatoms.